The van der Waals surface area contributed by atoms with Gasteiger partial charge in [0.25, 0.3) is 0 Å². The van der Waals surface area contributed by atoms with Crippen LogP contribution in [0.15, 0.2) is 35.4 Å². The number of aliphatic carboxylic acids is 1. The lowest BCUT2D eigenvalue weighted by Crippen LogP contribution is -2.54. The second kappa shape index (κ2) is 5.14. The van der Waals surface area contributed by atoms with Crippen LogP contribution < -0.4 is 5.32 Å². The van der Waals surface area contributed by atoms with Crippen molar-refractivity contribution in [3.63, 3.8) is 0 Å². The van der Waals surface area contributed by atoms with Gasteiger partial charge < -0.3 is 15.4 Å². The van der Waals surface area contributed by atoms with Crippen molar-refractivity contribution in [1.82, 2.24) is 10.3 Å². The van der Waals surface area contributed by atoms with Gasteiger partial charge in [-0.25, -0.2) is 0 Å². The number of aromatic nitrogens is 1. The van der Waals surface area contributed by atoms with Gasteiger partial charge >= 0.3 is 5.97 Å². The molecule has 1 fully saturated rings. The van der Waals surface area contributed by atoms with Crippen molar-refractivity contribution in [2.24, 2.45) is 5.92 Å². The second-order valence-corrected chi connectivity index (χ2v) is 6.33. The fourth-order valence-electron chi connectivity index (χ4n) is 2.63. The molecule has 5 heteroatoms. The third-order valence-electron chi connectivity index (χ3n) is 4.06. The maximum Gasteiger partial charge on any atom is 0.325 e. The summed E-state index contributed by atoms with van der Waals surface area (Å²) in [6.45, 7) is 0. The topological polar surface area (TPSA) is 65.1 Å². The van der Waals surface area contributed by atoms with Crippen LogP contribution in [0.2, 0.25) is 0 Å². The van der Waals surface area contributed by atoms with Gasteiger partial charge in [-0.2, -0.15) is 0 Å². The summed E-state index contributed by atoms with van der Waals surface area (Å²) in [7, 11) is 1.75. The molecule has 0 spiro atoms. The predicted molar refractivity (Wildman–Crippen MR) is 81.2 cm³/mol. The molecule has 2 aromatic rings. The molecule has 0 bridgehead atoms. The van der Waals surface area contributed by atoms with E-state index in [0.29, 0.717) is 5.75 Å². The number of carbonyl (C=O) groups is 1. The van der Waals surface area contributed by atoms with Crippen molar-refractivity contribution in [3.8, 4) is 0 Å². The molecule has 1 aromatic carbocycles. The molecule has 4 nitrogen and oxygen atoms in total. The number of hydrogen-bond donors (Lipinski definition) is 3. The molecule has 0 radical (unpaired) electrons. The Kier molecular flexibility index (Phi) is 3.48. The number of likely N-dealkylation sites (N-methyl/N-ethyl adjacent to an activating group) is 1. The molecular weight excluding hydrogens is 272 g/mol. The van der Waals surface area contributed by atoms with E-state index in [9.17, 15) is 9.90 Å². The monoisotopic (exact) mass is 290 g/mol. The zero-order valence-electron chi connectivity index (χ0n) is 11.3. The van der Waals surface area contributed by atoms with Crippen LogP contribution in [0, 0.1) is 5.92 Å². The van der Waals surface area contributed by atoms with Gasteiger partial charge in [-0.05, 0) is 37.9 Å². The summed E-state index contributed by atoms with van der Waals surface area (Å²) >= 11 is 1.58. The van der Waals surface area contributed by atoms with E-state index < -0.39 is 11.5 Å². The van der Waals surface area contributed by atoms with Crippen molar-refractivity contribution in [3.05, 3.63) is 30.3 Å². The van der Waals surface area contributed by atoms with E-state index in [1.807, 2.05) is 18.2 Å². The molecule has 1 unspecified atom stereocenters. The smallest absolute Gasteiger partial charge is 0.325 e. The minimum atomic E-state index is -0.804. The Balaban J connectivity index is 1.78. The molecule has 1 aliphatic carbocycles. The van der Waals surface area contributed by atoms with Crippen molar-refractivity contribution in [1.29, 1.82) is 0 Å². The summed E-state index contributed by atoms with van der Waals surface area (Å²) in [6.07, 6.45) is 2.00. The molecule has 0 amide bonds. The highest BCUT2D eigenvalue weighted by atomic mass is 32.2. The minimum absolute atomic E-state index is 0.252. The quantitative estimate of drug-likeness (QED) is 0.716. The van der Waals surface area contributed by atoms with Crippen molar-refractivity contribution >= 4 is 28.6 Å². The second-order valence-electron chi connectivity index (χ2n) is 5.31. The van der Waals surface area contributed by atoms with Gasteiger partial charge in [0.05, 0.1) is 5.03 Å². The standard InChI is InChI=1S/C15H18N2O2S/c1-16-15(14(18)19,11-6-7-11)9-20-13-8-10-4-2-3-5-12(10)17-13/h2-5,8,11,16-17H,6-7,9H2,1H3,(H,18,19). The molecule has 3 N–H and O–H groups in total. The van der Waals surface area contributed by atoms with Gasteiger partial charge in [0.1, 0.15) is 5.54 Å². The zero-order chi connectivity index (χ0) is 14.2. The molecule has 20 heavy (non-hydrogen) atoms. The Morgan fingerprint density at radius 1 is 1.50 bits per heavy atom. The first-order valence-electron chi connectivity index (χ1n) is 6.78. The summed E-state index contributed by atoms with van der Waals surface area (Å²) in [6, 6.07) is 10.2. The van der Waals surface area contributed by atoms with Crippen LogP contribution in [0.4, 0.5) is 0 Å². The minimum Gasteiger partial charge on any atom is -0.480 e. The molecule has 1 aliphatic rings. The number of rotatable bonds is 6. The molecule has 1 atom stereocenters. The summed E-state index contributed by atoms with van der Waals surface area (Å²) in [5, 5.41) is 14.8. The molecule has 1 aromatic heterocycles. The van der Waals surface area contributed by atoms with Gasteiger partial charge in [-0.3, -0.25) is 4.79 Å². The van der Waals surface area contributed by atoms with E-state index in [0.717, 1.165) is 28.8 Å². The number of fused-ring (bicyclic) bond motifs is 1. The largest absolute Gasteiger partial charge is 0.480 e. The van der Waals surface area contributed by atoms with Gasteiger partial charge in [0.15, 0.2) is 0 Å². The highest BCUT2D eigenvalue weighted by molar-refractivity contribution is 7.99. The summed E-state index contributed by atoms with van der Waals surface area (Å²) in [5.74, 6) is 0.0454. The van der Waals surface area contributed by atoms with E-state index >= 15 is 0 Å². The SMILES string of the molecule is CNC(CSc1cc2ccccc2[nH]1)(C(=O)O)C1CC1. The molecule has 1 heterocycles. The van der Waals surface area contributed by atoms with E-state index in [1.165, 1.54) is 0 Å². The maximum atomic E-state index is 11.6. The van der Waals surface area contributed by atoms with Crippen LogP contribution in [0.25, 0.3) is 10.9 Å². The number of H-pyrrole nitrogens is 1. The van der Waals surface area contributed by atoms with Crippen LogP contribution in [-0.2, 0) is 4.79 Å². The predicted octanol–water partition coefficient (Wildman–Crippen LogP) is 2.71. The first-order chi connectivity index (χ1) is 9.65. The highest BCUT2D eigenvalue weighted by Crippen LogP contribution is 2.42. The number of aromatic amines is 1. The Hall–Kier alpha value is -1.46. The van der Waals surface area contributed by atoms with Crippen LogP contribution in [-0.4, -0.2) is 34.4 Å². The van der Waals surface area contributed by atoms with Gasteiger partial charge in [0.2, 0.25) is 0 Å². The van der Waals surface area contributed by atoms with E-state index in [2.05, 4.69) is 22.4 Å². The average molecular weight is 290 g/mol. The number of hydrogen-bond acceptors (Lipinski definition) is 3. The van der Waals surface area contributed by atoms with Crippen LogP contribution in [0.5, 0.6) is 0 Å². The van der Waals surface area contributed by atoms with Crippen LogP contribution >= 0.6 is 11.8 Å². The van der Waals surface area contributed by atoms with Gasteiger partial charge in [0, 0.05) is 16.7 Å². The Bertz CT molecular complexity index is 603. The van der Waals surface area contributed by atoms with Crippen molar-refractivity contribution < 1.29 is 9.90 Å². The van der Waals surface area contributed by atoms with Crippen LogP contribution in [0.3, 0.4) is 0 Å². The lowest BCUT2D eigenvalue weighted by atomic mass is 9.96. The normalized spacial score (nSPS) is 18.1. The number of nitrogens with one attached hydrogen (secondary N) is 2. The van der Waals surface area contributed by atoms with Crippen LogP contribution in [0.1, 0.15) is 12.8 Å². The fourth-order valence-corrected chi connectivity index (χ4v) is 3.91. The zero-order valence-corrected chi connectivity index (χ0v) is 12.2. The van der Waals surface area contributed by atoms with E-state index in [-0.39, 0.29) is 5.92 Å². The highest BCUT2D eigenvalue weighted by Gasteiger charge is 2.50. The summed E-state index contributed by atoms with van der Waals surface area (Å²) < 4.78 is 0. The molecular formula is C15H18N2O2S. The van der Waals surface area contributed by atoms with Crippen molar-refractivity contribution in [2.45, 2.75) is 23.4 Å². The first kappa shape index (κ1) is 13.5. The molecule has 0 saturated heterocycles. The summed E-state index contributed by atoms with van der Waals surface area (Å²) in [5.41, 5.74) is 0.286. The number of carboxylic acids is 1. The van der Waals surface area contributed by atoms with Gasteiger partial charge in [-0.15, -0.1) is 11.8 Å². The van der Waals surface area contributed by atoms with E-state index in [4.69, 9.17) is 0 Å². The van der Waals surface area contributed by atoms with Gasteiger partial charge in [-0.1, -0.05) is 18.2 Å². The number of para-hydroxylation sites is 1. The molecule has 1 saturated carbocycles. The Morgan fingerprint density at radius 3 is 2.85 bits per heavy atom. The Labute approximate surface area is 121 Å². The Morgan fingerprint density at radius 2 is 2.25 bits per heavy atom. The molecule has 0 aliphatic heterocycles. The third-order valence-corrected chi connectivity index (χ3v) is 5.19. The first-order valence-corrected chi connectivity index (χ1v) is 7.77. The van der Waals surface area contributed by atoms with E-state index in [1.54, 1.807) is 18.8 Å². The lowest BCUT2D eigenvalue weighted by molar-refractivity contribution is -0.144. The third kappa shape index (κ3) is 2.31. The lowest BCUT2D eigenvalue weighted by Gasteiger charge is -2.28. The number of benzene rings is 1. The fraction of sp³-hybridized carbons (Fsp3) is 0.400. The van der Waals surface area contributed by atoms with Crippen molar-refractivity contribution in [2.75, 3.05) is 12.8 Å². The summed E-state index contributed by atoms with van der Waals surface area (Å²) in [4.78, 5) is 15.0. The maximum absolute atomic E-state index is 11.6. The average Bonchev–Trinajstić information content (AvgIpc) is 3.19. The number of thioether (sulfide) groups is 1. The number of carboxylic acid groups (broad SMARTS) is 1. The molecule has 106 valence electrons. The molecule has 3 rings (SSSR count).